The van der Waals surface area contributed by atoms with E-state index in [9.17, 15) is 13.6 Å². The number of carbonyl (C=O) groups is 1. The van der Waals surface area contributed by atoms with E-state index in [1.165, 1.54) is 18.5 Å². The number of pyridine rings is 1. The summed E-state index contributed by atoms with van der Waals surface area (Å²) >= 11 is 0. The SMILES string of the molecule is COC(=O)c1c(F)c(F)cc2ccncc12. The van der Waals surface area contributed by atoms with Gasteiger partial charge in [-0.3, -0.25) is 4.98 Å². The predicted molar refractivity (Wildman–Crippen MR) is 53.0 cm³/mol. The molecule has 0 amide bonds. The van der Waals surface area contributed by atoms with E-state index in [4.69, 9.17) is 0 Å². The van der Waals surface area contributed by atoms with Crippen molar-refractivity contribution in [3.05, 3.63) is 41.7 Å². The summed E-state index contributed by atoms with van der Waals surface area (Å²) in [6.07, 6.45) is 2.73. The average molecular weight is 223 g/mol. The number of rotatable bonds is 1. The van der Waals surface area contributed by atoms with Gasteiger partial charge in [-0.2, -0.15) is 0 Å². The van der Waals surface area contributed by atoms with Gasteiger partial charge in [0, 0.05) is 17.8 Å². The van der Waals surface area contributed by atoms with Crippen LogP contribution >= 0.6 is 0 Å². The number of hydrogen-bond acceptors (Lipinski definition) is 3. The van der Waals surface area contributed by atoms with E-state index >= 15 is 0 Å². The minimum absolute atomic E-state index is 0.230. The first-order valence-electron chi connectivity index (χ1n) is 4.45. The molecule has 0 fully saturated rings. The summed E-state index contributed by atoms with van der Waals surface area (Å²) < 4.78 is 31.1. The second-order valence-corrected chi connectivity index (χ2v) is 3.14. The van der Waals surface area contributed by atoms with Crippen LogP contribution in [0.4, 0.5) is 8.78 Å². The minimum Gasteiger partial charge on any atom is -0.465 e. The molecule has 2 rings (SSSR count). The van der Waals surface area contributed by atoms with Crippen molar-refractivity contribution in [2.75, 3.05) is 7.11 Å². The molecule has 16 heavy (non-hydrogen) atoms. The lowest BCUT2D eigenvalue weighted by atomic mass is 10.1. The Bertz CT molecular complexity index is 569. The van der Waals surface area contributed by atoms with E-state index < -0.39 is 23.2 Å². The molecule has 5 heteroatoms. The van der Waals surface area contributed by atoms with Crippen LogP contribution in [0.5, 0.6) is 0 Å². The number of carbonyl (C=O) groups excluding carboxylic acids is 1. The number of fused-ring (bicyclic) bond motifs is 1. The van der Waals surface area contributed by atoms with Gasteiger partial charge in [0.05, 0.1) is 7.11 Å². The first-order chi connectivity index (χ1) is 7.65. The molecule has 0 saturated carbocycles. The normalized spacial score (nSPS) is 10.4. The third kappa shape index (κ3) is 1.50. The summed E-state index contributed by atoms with van der Waals surface area (Å²) in [7, 11) is 1.11. The van der Waals surface area contributed by atoms with Gasteiger partial charge >= 0.3 is 5.97 Å². The molecule has 0 N–H and O–H groups in total. The molecule has 3 nitrogen and oxygen atoms in total. The molecule has 0 atom stereocenters. The molecule has 0 aliphatic carbocycles. The Morgan fingerprint density at radius 3 is 2.88 bits per heavy atom. The van der Waals surface area contributed by atoms with Crippen molar-refractivity contribution in [2.24, 2.45) is 0 Å². The predicted octanol–water partition coefficient (Wildman–Crippen LogP) is 2.30. The molecule has 0 aliphatic heterocycles. The first-order valence-corrected chi connectivity index (χ1v) is 4.45. The van der Waals surface area contributed by atoms with Crippen molar-refractivity contribution in [1.29, 1.82) is 0 Å². The molecule has 0 radical (unpaired) electrons. The van der Waals surface area contributed by atoms with Gasteiger partial charge < -0.3 is 4.74 Å². The zero-order valence-corrected chi connectivity index (χ0v) is 8.33. The number of halogens is 2. The quantitative estimate of drug-likeness (QED) is 0.696. The minimum atomic E-state index is -1.22. The van der Waals surface area contributed by atoms with Gasteiger partial charge in [-0.1, -0.05) is 0 Å². The summed E-state index contributed by atoms with van der Waals surface area (Å²) in [5.74, 6) is -3.22. The van der Waals surface area contributed by atoms with Gasteiger partial charge in [-0.05, 0) is 17.5 Å². The number of aromatic nitrogens is 1. The van der Waals surface area contributed by atoms with E-state index in [-0.39, 0.29) is 5.39 Å². The average Bonchev–Trinajstić information content (AvgIpc) is 2.30. The fourth-order valence-electron chi connectivity index (χ4n) is 1.48. The number of hydrogen-bond donors (Lipinski definition) is 0. The molecule has 82 valence electrons. The highest BCUT2D eigenvalue weighted by atomic mass is 19.2. The van der Waals surface area contributed by atoms with Crippen LogP contribution in [0.25, 0.3) is 10.8 Å². The van der Waals surface area contributed by atoms with Crippen LogP contribution in [-0.2, 0) is 4.74 Å². The van der Waals surface area contributed by atoms with Gasteiger partial charge in [-0.15, -0.1) is 0 Å². The molecule has 1 aromatic heterocycles. The number of esters is 1. The van der Waals surface area contributed by atoms with E-state index in [1.807, 2.05) is 0 Å². The monoisotopic (exact) mass is 223 g/mol. The lowest BCUT2D eigenvalue weighted by Crippen LogP contribution is -2.07. The maximum absolute atomic E-state index is 13.5. The molecule has 0 spiro atoms. The fourth-order valence-corrected chi connectivity index (χ4v) is 1.48. The van der Waals surface area contributed by atoms with Gasteiger partial charge in [0.1, 0.15) is 5.56 Å². The molecule has 0 aliphatic rings. The Hall–Kier alpha value is -2.04. The lowest BCUT2D eigenvalue weighted by molar-refractivity contribution is 0.0597. The highest BCUT2D eigenvalue weighted by Gasteiger charge is 2.20. The zero-order chi connectivity index (χ0) is 11.7. The first kappa shape index (κ1) is 10.5. The summed E-state index contributed by atoms with van der Waals surface area (Å²) in [4.78, 5) is 15.1. The lowest BCUT2D eigenvalue weighted by Gasteiger charge is -2.06. The second-order valence-electron chi connectivity index (χ2n) is 3.14. The van der Waals surface area contributed by atoms with Crippen LogP contribution in [0.2, 0.25) is 0 Å². The topological polar surface area (TPSA) is 39.2 Å². The maximum atomic E-state index is 13.5. The van der Waals surface area contributed by atoms with Gasteiger partial charge in [0.15, 0.2) is 11.6 Å². The Balaban J connectivity index is 2.87. The van der Waals surface area contributed by atoms with E-state index in [0.717, 1.165) is 13.2 Å². The molecule has 0 unspecified atom stereocenters. The van der Waals surface area contributed by atoms with Crippen molar-refractivity contribution in [1.82, 2.24) is 4.98 Å². The molecule has 1 aromatic carbocycles. The van der Waals surface area contributed by atoms with Crippen LogP contribution in [0.15, 0.2) is 24.5 Å². The largest absolute Gasteiger partial charge is 0.465 e. The highest BCUT2D eigenvalue weighted by Crippen LogP contribution is 2.24. The smallest absolute Gasteiger partial charge is 0.341 e. The standard InChI is InChI=1S/C11H7F2NO2/c1-16-11(15)9-7-5-14-3-2-6(7)4-8(12)10(9)13/h2-5H,1H3. The van der Waals surface area contributed by atoms with Crippen LogP contribution in [0.1, 0.15) is 10.4 Å². The van der Waals surface area contributed by atoms with E-state index in [0.29, 0.717) is 5.39 Å². The van der Waals surface area contributed by atoms with E-state index in [1.54, 1.807) is 0 Å². The van der Waals surface area contributed by atoms with Crippen molar-refractivity contribution >= 4 is 16.7 Å². The molecular formula is C11H7F2NO2. The molecule has 2 aromatic rings. The van der Waals surface area contributed by atoms with E-state index in [2.05, 4.69) is 9.72 Å². The zero-order valence-electron chi connectivity index (χ0n) is 8.33. The van der Waals surface area contributed by atoms with Crippen LogP contribution in [0.3, 0.4) is 0 Å². The molecule has 1 heterocycles. The summed E-state index contributed by atoms with van der Waals surface area (Å²) in [6, 6.07) is 2.50. The number of ether oxygens (including phenoxy) is 1. The fraction of sp³-hybridized carbons (Fsp3) is 0.0909. The van der Waals surface area contributed by atoms with Gasteiger partial charge in [0.2, 0.25) is 0 Å². The summed E-state index contributed by atoms with van der Waals surface area (Å²) in [6.45, 7) is 0. The van der Waals surface area contributed by atoms with Crippen molar-refractivity contribution < 1.29 is 18.3 Å². The van der Waals surface area contributed by atoms with Gasteiger partial charge in [-0.25, -0.2) is 13.6 Å². The number of benzene rings is 1. The second kappa shape index (κ2) is 3.84. The molecular weight excluding hydrogens is 216 g/mol. The van der Waals surface area contributed by atoms with Crippen molar-refractivity contribution in [3.8, 4) is 0 Å². The highest BCUT2D eigenvalue weighted by molar-refractivity contribution is 6.04. The Labute approximate surface area is 89.7 Å². The van der Waals surface area contributed by atoms with Crippen LogP contribution < -0.4 is 0 Å². The van der Waals surface area contributed by atoms with Crippen LogP contribution in [0, 0.1) is 11.6 Å². The summed E-state index contributed by atoms with van der Waals surface area (Å²) in [5, 5.41) is 0.627. The van der Waals surface area contributed by atoms with Crippen molar-refractivity contribution in [3.63, 3.8) is 0 Å². The molecule has 0 saturated heterocycles. The Morgan fingerprint density at radius 2 is 2.19 bits per heavy atom. The van der Waals surface area contributed by atoms with Gasteiger partial charge in [0.25, 0.3) is 0 Å². The number of methoxy groups -OCH3 is 1. The molecule has 0 bridgehead atoms. The van der Waals surface area contributed by atoms with Crippen LogP contribution in [-0.4, -0.2) is 18.1 Å². The number of nitrogens with zero attached hydrogens (tertiary/aromatic N) is 1. The Morgan fingerprint density at radius 1 is 1.44 bits per heavy atom. The Kier molecular flexibility index (Phi) is 2.52. The maximum Gasteiger partial charge on any atom is 0.341 e. The third-order valence-electron chi connectivity index (χ3n) is 2.23. The van der Waals surface area contributed by atoms with Crippen molar-refractivity contribution in [2.45, 2.75) is 0 Å². The summed E-state index contributed by atoms with van der Waals surface area (Å²) in [5.41, 5.74) is -0.425. The third-order valence-corrected chi connectivity index (χ3v) is 2.23.